The number of hydrogen-bond donors (Lipinski definition) is 1. The molecule has 1 aliphatic rings. The quantitative estimate of drug-likeness (QED) is 0.665. The second-order valence-electron chi connectivity index (χ2n) is 3.36. The van der Waals surface area contributed by atoms with Crippen LogP contribution in [0.2, 0.25) is 0 Å². The van der Waals surface area contributed by atoms with Gasteiger partial charge in [-0.25, -0.2) is 0 Å². The summed E-state index contributed by atoms with van der Waals surface area (Å²) in [4.78, 5) is 0. The molecule has 1 fully saturated rings. The maximum absolute atomic E-state index is 5.84. The standard InChI is InChI=1S/C8H17N.ClH/c1-3-8(7(2)9)5-4-6-8;/h7H,3-6,9H2,1-2H3;1H/t7-;/m1./s1. The zero-order valence-electron chi connectivity index (χ0n) is 6.89. The van der Waals surface area contributed by atoms with Crippen LogP contribution in [0.1, 0.15) is 39.5 Å². The summed E-state index contributed by atoms with van der Waals surface area (Å²) < 4.78 is 0. The third kappa shape index (κ3) is 1.46. The fourth-order valence-electron chi connectivity index (χ4n) is 1.76. The smallest absolute Gasteiger partial charge is 0.00669 e. The molecule has 0 aromatic rings. The Balaban J connectivity index is 0.000000810. The topological polar surface area (TPSA) is 26.0 Å². The molecule has 0 heterocycles. The van der Waals surface area contributed by atoms with Gasteiger partial charge in [0.2, 0.25) is 0 Å². The van der Waals surface area contributed by atoms with E-state index in [0.29, 0.717) is 11.5 Å². The fraction of sp³-hybridized carbons (Fsp3) is 1.00. The first-order valence-corrected chi connectivity index (χ1v) is 3.97. The Kier molecular flexibility index (Phi) is 3.68. The molecule has 0 bridgehead atoms. The maximum Gasteiger partial charge on any atom is 0.00669 e. The minimum atomic E-state index is 0. The molecule has 0 aromatic heterocycles. The molecule has 1 rings (SSSR count). The number of hydrogen-bond acceptors (Lipinski definition) is 1. The van der Waals surface area contributed by atoms with Gasteiger partial charge in [-0.2, -0.15) is 0 Å². The molecular formula is C8H18ClN. The molecule has 0 aliphatic heterocycles. The van der Waals surface area contributed by atoms with Crippen molar-refractivity contribution in [2.24, 2.45) is 11.1 Å². The Morgan fingerprint density at radius 1 is 1.50 bits per heavy atom. The van der Waals surface area contributed by atoms with Gasteiger partial charge in [-0.1, -0.05) is 13.3 Å². The minimum Gasteiger partial charge on any atom is -0.327 e. The van der Waals surface area contributed by atoms with E-state index in [9.17, 15) is 0 Å². The van der Waals surface area contributed by atoms with E-state index in [1.54, 1.807) is 0 Å². The lowest BCUT2D eigenvalue weighted by Crippen LogP contribution is -2.44. The molecular weight excluding hydrogens is 146 g/mol. The zero-order valence-corrected chi connectivity index (χ0v) is 7.71. The molecule has 62 valence electrons. The molecule has 0 spiro atoms. The molecule has 0 radical (unpaired) electrons. The van der Waals surface area contributed by atoms with Crippen LogP contribution in [0.5, 0.6) is 0 Å². The predicted octanol–water partition coefficient (Wildman–Crippen LogP) is 2.34. The summed E-state index contributed by atoms with van der Waals surface area (Å²) in [5, 5.41) is 0. The molecule has 1 nitrogen and oxygen atoms in total. The Labute approximate surface area is 69.8 Å². The average Bonchev–Trinajstić information content (AvgIpc) is 1.62. The Morgan fingerprint density at radius 3 is 2.00 bits per heavy atom. The zero-order chi connectivity index (χ0) is 6.91. The first-order valence-electron chi connectivity index (χ1n) is 3.97. The van der Waals surface area contributed by atoms with Crippen LogP contribution in [0, 0.1) is 5.41 Å². The minimum absolute atomic E-state index is 0. The van der Waals surface area contributed by atoms with E-state index in [-0.39, 0.29) is 12.4 Å². The van der Waals surface area contributed by atoms with Crippen LogP contribution in [0.4, 0.5) is 0 Å². The summed E-state index contributed by atoms with van der Waals surface area (Å²) in [7, 11) is 0. The van der Waals surface area contributed by atoms with E-state index in [0.717, 1.165) is 0 Å². The molecule has 1 atom stereocenters. The summed E-state index contributed by atoms with van der Waals surface area (Å²) in [5.74, 6) is 0. The third-order valence-electron chi connectivity index (χ3n) is 3.02. The van der Waals surface area contributed by atoms with Gasteiger partial charge in [0.1, 0.15) is 0 Å². The lowest BCUT2D eigenvalue weighted by Gasteiger charge is -2.44. The summed E-state index contributed by atoms with van der Waals surface area (Å²) >= 11 is 0. The predicted molar refractivity (Wildman–Crippen MR) is 47.5 cm³/mol. The van der Waals surface area contributed by atoms with Gasteiger partial charge in [0, 0.05) is 6.04 Å². The summed E-state index contributed by atoms with van der Waals surface area (Å²) in [6.45, 7) is 4.39. The van der Waals surface area contributed by atoms with Crippen molar-refractivity contribution in [1.82, 2.24) is 0 Å². The summed E-state index contributed by atoms with van der Waals surface area (Å²) in [6.07, 6.45) is 5.39. The normalized spacial score (nSPS) is 24.3. The van der Waals surface area contributed by atoms with Gasteiger partial charge in [-0.15, -0.1) is 12.4 Å². The van der Waals surface area contributed by atoms with Gasteiger partial charge >= 0.3 is 0 Å². The SMILES string of the molecule is CCC1([C@@H](C)N)CCC1.Cl. The van der Waals surface area contributed by atoms with Crippen LogP contribution in [0.25, 0.3) is 0 Å². The average molecular weight is 164 g/mol. The molecule has 1 saturated carbocycles. The first kappa shape index (κ1) is 10.2. The van der Waals surface area contributed by atoms with Gasteiger partial charge < -0.3 is 5.73 Å². The second kappa shape index (κ2) is 3.59. The molecule has 1 aliphatic carbocycles. The largest absolute Gasteiger partial charge is 0.327 e. The first-order chi connectivity index (χ1) is 4.21. The van der Waals surface area contributed by atoms with Crippen molar-refractivity contribution in [3.8, 4) is 0 Å². The van der Waals surface area contributed by atoms with Crippen molar-refractivity contribution in [2.75, 3.05) is 0 Å². The highest BCUT2D eigenvalue weighted by molar-refractivity contribution is 5.85. The van der Waals surface area contributed by atoms with Gasteiger partial charge in [0.25, 0.3) is 0 Å². The number of rotatable bonds is 2. The van der Waals surface area contributed by atoms with Crippen LogP contribution in [0.15, 0.2) is 0 Å². The maximum atomic E-state index is 5.84. The van der Waals surface area contributed by atoms with E-state index in [4.69, 9.17) is 5.73 Å². The molecule has 2 N–H and O–H groups in total. The van der Waals surface area contributed by atoms with Crippen molar-refractivity contribution in [2.45, 2.75) is 45.6 Å². The van der Waals surface area contributed by atoms with Crippen molar-refractivity contribution in [3.05, 3.63) is 0 Å². The molecule has 0 amide bonds. The van der Waals surface area contributed by atoms with E-state index in [1.165, 1.54) is 25.7 Å². The van der Waals surface area contributed by atoms with Crippen LogP contribution < -0.4 is 5.73 Å². The van der Waals surface area contributed by atoms with Crippen LogP contribution >= 0.6 is 12.4 Å². The van der Waals surface area contributed by atoms with E-state index in [1.807, 2.05) is 0 Å². The Bertz CT molecular complexity index is 91.9. The highest BCUT2D eigenvalue weighted by atomic mass is 35.5. The Morgan fingerprint density at radius 2 is 2.00 bits per heavy atom. The molecule has 0 unspecified atom stereocenters. The van der Waals surface area contributed by atoms with E-state index in [2.05, 4.69) is 13.8 Å². The highest BCUT2D eigenvalue weighted by Crippen LogP contribution is 2.45. The lowest BCUT2D eigenvalue weighted by molar-refractivity contribution is 0.0964. The lowest BCUT2D eigenvalue weighted by atomic mass is 9.63. The van der Waals surface area contributed by atoms with Crippen LogP contribution in [-0.2, 0) is 0 Å². The molecule has 0 saturated heterocycles. The second-order valence-corrected chi connectivity index (χ2v) is 3.36. The van der Waals surface area contributed by atoms with E-state index >= 15 is 0 Å². The van der Waals surface area contributed by atoms with Gasteiger partial charge in [0.05, 0.1) is 0 Å². The van der Waals surface area contributed by atoms with E-state index < -0.39 is 0 Å². The van der Waals surface area contributed by atoms with Gasteiger partial charge in [0.15, 0.2) is 0 Å². The summed E-state index contributed by atoms with van der Waals surface area (Å²) in [6, 6.07) is 0.413. The highest BCUT2D eigenvalue weighted by Gasteiger charge is 2.38. The van der Waals surface area contributed by atoms with Crippen LogP contribution in [0.3, 0.4) is 0 Å². The number of nitrogens with two attached hydrogens (primary N) is 1. The molecule has 10 heavy (non-hydrogen) atoms. The fourth-order valence-corrected chi connectivity index (χ4v) is 1.76. The van der Waals surface area contributed by atoms with Gasteiger partial charge in [-0.05, 0) is 31.6 Å². The number of halogens is 1. The Hall–Kier alpha value is 0.250. The van der Waals surface area contributed by atoms with Crippen molar-refractivity contribution in [1.29, 1.82) is 0 Å². The van der Waals surface area contributed by atoms with Crippen molar-refractivity contribution in [3.63, 3.8) is 0 Å². The molecule has 2 heteroatoms. The van der Waals surface area contributed by atoms with Crippen molar-refractivity contribution >= 4 is 12.4 Å². The monoisotopic (exact) mass is 163 g/mol. The van der Waals surface area contributed by atoms with Gasteiger partial charge in [-0.3, -0.25) is 0 Å². The summed E-state index contributed by atoms with van der Waals surface area (Å²) in [5.41, 5.74) is 6.38. The van der Waals surface area contributed by atoms with Crippen molar-refractivity contribution < 1.29 is 0 Å². The third-order valence-corrected chi connectivity index (χ3v) is 3.02. The van der Waals surface area contributed by atoms with Crippen LogP contribution in [-0.4, -0.2) is 6.04 Å². The molecule has 0 aromatic carbocycles.